The number of benzene rings is 1. The minimum Gasteiger partial charge on any atom is -0.496 e. The van der Waals surface area contributed by atoms with Crippen LogP contribution in [0.15, 0.2) is 36.4 Å². The molecule has 1 aromatic carbocycles. The molecule has 2 nitrogen and oxygen atoms in total. The quantitative estimate of drug-likeness (QED) is 0.745. The van der Waals surface area contributed by atoms with Gasteiger partial charge in [0.2, 0.25) is 0 Å². The normalized spacial score (nSPS) is 10.7. The molecule has 0 bridgehead atoms. The molecule has 0 saturated carbocycles. The monoisotopic (exact) mass is 291 g/mol. The second kappa shape index (κ2) is 5.88. The molecule has 5 heteroatoms. The number of alkyl halides is 3. The highest BCUT2D eigenvalue weighted by Gasteiger charge is 2.34. The van der Waals surface area contributed by atoms with Crippen LogP contribution in [0.1, 0.15) is 22.5 Å². The van der Waals surface area contributed by atoms with Gasteiger partial charge in [-0.25, -0.2) is 4.98 Å². The van der Waals surface area contributed by atoms with Crippen LogP contribution in [-0.4, -0.2) is 12.1 Å². The highest BCUT2D eigenvalue weighted by Crippen LogP contribution is 2.36. The molecule has 108 valence electrons. The van der Waals surface area contributed by atoms with E-state index in [0.717, 1.165) is 11.8 Å². The molecule has 0 aliphatic carbocycles. The molecule has 0 aliphatic heterocycles. The van der Waals surface area contributed by atoms with Crippen LogP contribution < -0.4 is 4.74 Å². The van der Waals surface area contributed by atoms with Crippen molar-refractivity contribution in [3.05, 3.63) is 58.9 Å². The topological polar surface area (TPSA) is 22.1 Å². The molecule has 0 unspecified atom stereocenters. The summed E-state index contributed by atoms with van der Waals surface area (Å²) in [7, 11) is 1.20. The van der Waals surface area contributed by atoms with Crippen LogP contribution in [0.5, 0.6) is 5.75 Å². The van der Waals surface area contributed by atoms with Crippen LogP contribution in [0.4, 0.5) is 13.2 Å². The summed E-state index contributed by atoms with van der Waals surface area (Å²) in [4.78, 5) is 4.17. The highest BCUT2D eigenvalue weighted by molar-refractivity contribution is 5.47. The Bertz CT molecular complexity index is 711. The van der Waals surface area contributed by atoms with Crippen molar-refractivity contribution >= 4 is 0 Å². The van der Waals surface area contributed by atoms with E-state index in [0.29, 0.717) is 5.69 Å². The van der Waals surface area contributed by atoms with Gasteiger partial charge in [-0.2, -0.15) is 13.2 Å². The van der Waals surface area contributed by atoms with Crippen molar-refractivity contribution in [1.29, 1.82) is 0 Å². The number of halogens is 3. The Hall–Kier alpha value is -2.48. The molecular weight excluding hydrogens is 279 g/mol. The molecule has 0 atom stereocenters. The van der Waals surface area contributed by atoms with Gasteiger partial charge in [0.15, 0.2) is 0 Å². The van der Waals surface area contributed by atoms with Crippen molar-refractivity contribution in [3.8, 4) is 17.6 Å². The average molecular weight is 291 g/mol. The SMILES string of the molecule is COc1ccc(C#Cc2cccc(C)n2)cc1C(F)(F)F. The maximum atomic E-state index is 12.9. The van der Waals surface area contributed by atoms with E-state index in [-0.39, 0.29) is 11.3 Å². The Balaban J connectivity index is 2.39. The molecule has 0 radical (unpaired) electrons. The van der Waals surface area contributed by atoms with E-state index in [9.17, 15) is 13.2 Å². The Morgan fingerprint density at radius 3 is 2.48 bits per heavy atom. The minimum atomic E-state index is -4.48. The van der Waals surface area contributed by atoms with Gasteiger partial charge in [-0.15, -0.1) is 0 Å². The first-order chi connectivity index (χ1) is 9.90. The van der Waals surface area contributed by atoms with Crippen LogP contribution >= 0.6 is 0 Å². The fraction of sp³-hybridized carbons (Fsp3) is 0.188. The maximum Gasteiger partial charge on any atom is 0.420 e. The van der Waals surface area contributed by atoms with Crippen molar-refractivity contribution in [2.45, 2.75) is 13.1 Å². The van der Waals surface area contributed by atoms with E-state index in [1.807, 2.05) is 13.0 Å². The van der Waals surface area contributed by atoms with E-state index in [4.69, 9.17) is 4.74 Å². The van der Waals surface area contributed by atoms with E-state index in [1.54, 1.807) is 12.1 Å². The molecule has 0 fully saturated rings. The van der Waals surface area contributed by atoms with Gasteiger partial charge in [0.25, 0.3) is 0 Å². The third-order valence-electron chi connectivity index (χ3n) is 2.73. The Kier molecular flexibility index (Phi) is 4.18. The number of aryl methyl sites for hydroxylation is 1. The van der Waals surface area contributed by atoms with Crippen LogP contribution in [-0.2, 0) is 6.18 Å². The molecule has 2 rings (SSSR count). The summed E-state index contributed by atoms with van der Waals surface area (Å²) >= 11 is 0. The van der Waals surface area contributed by atoms with Gasteiger partial charge in [0, 0.05) is 11.3 Å². The van der Waals surface area contributed by atoms with Crippen LogP contribution in [0, 0.1) is 18.8 Å². The molecular formula is C16H12F3NO. The molecule has 1 aromatic heterocycles. The predicted octanol–water partition coefficient (Wildman–Crippen LogP) is 3.82. The van der Waals surface area contributed by atoms with Crippen molar-refractivity contribution in [2.75, 3.05) is 7.11 Å². The molecule has 0 amide bonds. The average Bonchev–Trinajstić information content (AvgIpc) is 2.44. The lowest BCUT2D eigenvalue weighted by atomic mass is 10.1. The third-order valence-corrected chi connectivity index (χ3v) is 2.73. The van der Waals surface area contributed by atoms with Crippen molar-refractivity contribution in [2.24, 2.45) is 0 Å². The van der Waals surface area contributed by atoms with Gasteiger partial charge in [-0.1, -0.05) is 12.0 Å². The maximum absolute atomic E-state index is 12.9. The van der Waals surface area contributed by atoms with Crippen LogP contribution in [0.25, 0.3) is 0 Å². The zero-order chi connectivity index (χ0) is 15.5. The van der Waals surface area contributed by atoms with E-state index in [1.165, 1.54) is 19.2 Å². The van der Waals surface area contributed by atoms with E-state index < -0.39 is 11.7 Å². The third kappa shape index (κ3) is 3.76. The van der Waals surface area contributed by atoms with Gasteiger partial charge in [-0.3, -0.25) is 0 Å². The number of ether oxygens (including phenoxy) is 1. The van der Waals surface area contributed by atoms with Gasteiger partial charge >= 0.3 is 6.18 Å². The summed E-state index contributed by atoms with van der Waals surface area (Å²) in [5.41, 5.74) is 0.729. The van der Waals surface area contributed by atoms with Crippen molar-refractivity contribution in [1.82, 2.24) is 4.98 Å². The second-order valence-electron chi connectivity index (χ2n) is 4.33. The van der Waals surface area contributed by atoms with E-state index >= 15 is 0 Å². The number of hydrogen-bond acceptors (Lipinski definition) is 2. The summed E-state index contributed by atoms with van der Waals surface area (Å²) in [5.74, 6) is 5.21. The molecule has 0 saturated heterocycles. The summed E-state index contributed by atoms with van der Waals surface area (Å²) in [5, 5.41) is 0. The van der Waals surface area contributed by atoms with Gasteiger partial charge in [0.1, 0.15) is 11.4 Å². The number of aromatic nitrogens is 1. The number of hydrogen-bond donors (Lipinski definition) is 0. The first-order valence-electron chi connectivity index (χ1n) is 6.11. The highest BCUT2D eigenvalue weighted by atomic mass is 19.4. The van der Waals surface area contributed by atoms with Crippen LogP contribution in [0.2, 0.25) is 0 Å². The number of nitrogens with zero attached hydrogens (tertiary/aromatic N) is 1. The number of methoxy groups -OCH3 is 1. The molecule has 0 spiro atoms. The van der Waals surface area contributed by atoms with Crippen molar-refractivity contribution < 1.29 is 17.9 Å². The summed E-state index contributed by atoms with van der Waals surface area (Å²) in [6.45, 7) is 1.82. The summed E-state index contributed by atoms with van der Waals surface area (Å²) in [6.07, 6.45) is -4.48. The Labute approximate surface area is 120 Å². The molecule has 2 aromatic rings. The van der Waals surface area contributed by atoms with E-state index in [2.05, 4.69) is 16.8 Å². The second-order valence-corrected chi connectivity index (χ2v) is 4.33. The lowest BCUT2D eigenvalue weighted by Gasteiger charge is -2.11. The zero-order valence-corrected chi connectivity index (χ0v) is 11.5. The first-order valence-corrected chi connectivity index (χ1v) is 6.11. The lowest BCUT2D eigenvalue weighted by molar-refractivity contribution is -0.138. The zero-order valence-electron chi connectivity index (χ0n) is 11.5. The molecule has 0 N–H and O–H groups in total. The van der Waals surface area contributed by atoms with Gasteiger partial charge in [-0.05, 0) is 43.2 Å². The number of pyridine rings is 1. The van der Waals surface area contributed by atoms with Crippen molar-refractivity contribution in [3.63, 3.8) is 0 Å². The minimum absolute atomic E-state index is 0.221. The molecule has 21 heavy (non-hydrogen) atoms. The summed E-state index contributed by atoms with van der Waals surface area (Å²) < 4.78 is 43.4. The molecule has 0 aliphatic rings. The Morgan fingerprint density at radius 1 is 1.10 bits per heavy atom. The van der Waals surface area contributed by atoms with Crippen LogP contribution in [0.3, 0.4) is 0 Å². The largest absolute Gasteiger partial charge is 0.496 e. The fourth-order valence-electron chi connectivity index (χ4n) is 1.76. The van der Waals surface area contributed by atoms with Gasteiger partial charge in [0.05, 0.1) is 12.7 Å². The first kappa shape index (κ1) is 14.9. The Morgan fingerprint density at radius 2 is 1.86 bits per heavy atom. The fourth-order valence-corrected chi connectivity index (χ4v) is 1.76. The van der Waals surface area contributed by atoms with Gasteiger partial charge < -0.3 is 4.74 Å². The lowest BCUT2D eigenvalue weighted by Crippen LogP contribution is -2.07. The standard InChI is InChI=1S/C16H12F3NO/c1-11-4-3-5-13(20-11)8-6-12-7-9-15(21-2)14(10-12)16(17,18)19/h3-5,7,9-10H,1-2H3. The number of rotatable bonds is 1. The smallest absolute Gasteiger partial charge is 0.420 e. The molecule has 1 heterocycles. The predicted molar refractivity (Wildman–Crippen MR) is 73.0 cm³/mol. The summed E-state index contributed by atoms with van der Waals surface area (Å²) in [6, 6.07) is 9.03.